The van der Waals surface area contributed by atoms with Crippen LogP contribution < -0.4 is 0 Å². The summed E-state index contributed by atoms with van der Waals surface area (Å²) < 4.78 is 31.7. The summed E-state index contributed by atoms with van der Waals surface area (Å²) in [6, 6.07) is 0. The smallest absolute Gasteiger partial charge is 0.249 e. The second-order valence-electron chi connectivity index (χ2n) is 4.54. The molecule has 1 aromatic heterocycles. The molecule has 0 saturated carbocycles. The largest absolute Gasteiger partial charge is 0.377 e. The number of aromatic nitrogens is 3. The van der Waals surface area contributed by atoms with Gasteiger partial charge in [0.2, 0.25) is 15.0 Å². The van der Waals surface area contributed by atoms with E-state index in [1.54, 1.807) is 11.5 Å². The van der Waals surface area contributed by atoms with Crippen LogP contribution in [0, 0.1) is 6.92 Å². The molecule has 0 aliphatic carbocycles. The number of hydrogen-bond acceptors (Lipinski definition) is 5. The molecule has 0 aromatic carbocycles. The highest BCUT2D eigenvalue weighted by atomic mass is 32.2. The third-order valence-corrected chi connectivity index (χ3v) is 4.84. The normalized spacial score (nSPS) is 21.1. The lowest BCUT2D eigenvalue weighted by Gasteiger charge is -2.22. The van der Waals surface area contributed by atoms with Gasteiger partial charge < -0.3 is 9.30 Å². The van der Waals surface area contributed by atoms with Gasteiger partial charge in [0.05, 0.1) is 11.9 Å². The SMILES string of the molecule is CCn1c(C)nnc1S(=O)(=O)CC1CCCCO1. The van der Waals surface area contributed by atoms with Crippen LogP contribution in [0.15, 0.2) is 5.16 Å². The van der Waals surface area contributed by atoms with Crippen LogP contribution >= 0.6 is 0 Å². The molecule has 1 aromatic rings. The van der Waals surface area contributed by atoms with Crippen LogP contribution in [0.4, 0.5) is 0 Å². The van der Waals surface area contributed by atoms with Crippen molar-refractivity contribution in [1.29, 1.82) is 0 Å². The van der Waals surface area contributed by atoms with E-state index in [9.17, 15) is 8.42 Å². The van der Waals surface area contributed by atoms with Crippen molar-refractivity contribution in [1.82, 2.24) is 14.8 Å². The Bertz CT molecular complexity index is 504. The Kier molecular flexibility index (Phi) is 4.01. The molecule has 1 aliphatic rings. The third-order valence-electron chi connectivity index (χ3n) is 3.18. The summed E-state index contributed by atoms with van der Waals surface area (Å²) in [5.74, 6) is 0.631. The molecule has 0 bridgehead atoms. The molecule has 1 unspecified atom stereocenters. The van der Waals surface area contributed by atoms with Crippen molar-refractivity contribution in [2.75, 3.05) is 12.4 Å². The number of aryl methyl sites for hydroxylation is 1. The van der Waals surface area contributed by atoms with Crippen molar-refractivity contribution in [3.63, 3.8) is 0 Å². The quantitative estimate of drug-likeness (QED) is 0.816. The Morgan fingerprint density at radius 3 is 2.78 bits per heavy atom. The zero-order valence-electron chi connectivity index (χ0n) is 10.8. The predicted octanol–water partition coefficient (Wildman–Crippen LogP) is 0.949. The van der Waals surface area contributed by atoms with Gasteiger partial charge in [-0.3, -0.25) is 0 Å². The van der Waals surface area contributed by atoms with E-state index in [-0.39, 0.29) is 17.0 Å². The monoisotopic (exact) mass is 273 g/mol. The van der Waals surface area contributed by atoms with Crippen molar-refractivity contribution in [2.45, 2.75) is 50.9 Å². The fraction of sp³-hybridized carbons (Fsp3) is 0.818. The summed E-state index contributed by atoms with van der Waals surface area (Å²) in [5, 5.41) is 7.70. The minimum Gasteiger partial charge on any atom is -0.377 e. The van der Waals surface area contributed by atoms with Gasteiger partial charge in [-0.1, -0.05) is 0 Å². The zero-order chi connectivity index (χ0) is 13.2. The van der Waals surface area contributed by atoms with Gasteiger partial charge in [-0.2, -0.15) is 0 Å². The molecule has 7 heteroatoms. The second-order valence-corrected chi connectivity index (χ2v) is 6.47. The van der Waals surface area contributed by atoms with Gasteiger partial charge in [0, 0.05) is 13.2 Å². The van der Waals surface area contributed by atoms with E-state index in [0.717, 1.165) is 19.3 Å². The van der Waals surface area contributed by atoms with Crippen molar-refractivity contribution in [2.24, 2.45) is 0 Å². The fourth-order valence-electron chi connectivity index (χ4n) is 2.21. The topological polar surface area (TPSA) is 74.1 Å². The standard InChI is InChI=1S/C11H19N3O3S/c1-3-14-9(2)12-13-11(14)18(15,16)8-10-6-4-5-7-17-10/h10H,3-8H2,1-2H3. The van der Waals surface area contributed by atoms with Gasteiger partial charge in [-0.25, -0.2) is 8.42 Å². The first-order valence-electron chi connectivity index (χ1n) is 6.28. The highest BCUT2D eigenvalue weighted by molar-refractivity contribution is 7.91. The number of nitrogens with zero attached hydrogens (tertiary/aromatic N) is 3. The minimum atomic E-state index is -3.42. The van der Waals surface area contributed by atoms with E-state index in [4.69, 9.17) is 4.74 Å². The maximum atomic E-state index is 12.3. The summed E-state index contributed by atoms with van der Waals surface area (Å²) in [6.07, 6.45) is 2.64. The molecule has 102 valence electrons. The Morgan fingerprint density at radius 2 is 2.17 bits per heavy atom. The molecular formula is C11H19N3O3S. The maximum absolute atomic E-state index is 12.3. The summed E-state index contributed by atoms with van der Waals surface area (Å²) >= 11 is 0. The molecule has 0 spiro atoms. The van der Waals surface area contributed by atoms with Crippen LogP contribution in [0.2, 0.25) is 0 Å². The molecule has 2 rings (SSSR count). The van der Waals surface area contributed by atoms with E-state index < -0.39 is 9.84 Å². The molecule has 1 atom stereocenters. The molecule has 2 heterocycles. The van der Waals surface area contributed by atoms with Crippen molar-refractivity contribution < 1.29 is 13.2 Å². The first-order valence-corrected chi connectivity index (χ1v) is 7.94. The lowest BCUT2D eigenvalue weighted by Crippen LogP contribution is -2.29. The Hall–Kier alpha value is -0.950. The molecular weight excluding hydrogens is 254 g/mol. The van der Waals surface area contributed by atoms with Crippen LogP contribution in [-0.2, 0) is 21.1 Å². The Labute approximate surface area is 107 Å². The fourth-order valence-corrected chi connectivity index (χ4v) is 3.88. The summed E-state index contributed by atoms with van der Waals surface area (Å²) in [5.41, 5.74) is 0. The molecule has 0 radical (unpaired) electrons. The van der Waals surface area contributed by atoms with E-state index in [0.29, 0.717) is 19.0 Å². The van der Waals surface area contributed by atoms with Gasteiger partial charge in [0.25, 0.3) is 0 Å². The van der Waals surface area contributed by atoms with Crippen LogP contribution in [0.3, 0.4) is 0 Å². The summed E-state index contributed by atoms with van der Waals surface area (Å²) in [6.45, 7) is 4.84. The van der Waals surface area contributed by atoms with Crippen LogP contribution in [-0.4, -0.2) is 41.6 Å². The zero-order valence-corrected chi connectivity index (χ0v) is 11.6. The Balaban J connectivity index is 2.19. The van der Waals surface area contributed by atoms with Crippen LogP contribution in [0.25, 0.3) is 0 Å². The van der Waals surface area contributed by atoms with Gasteiger partial charge in [-0.05, 0) is 33.1 Å². The van der Waals surface area contributed by atoms with E-state index >= 15 is 0 Å². The molecule has 1 aliphatic heterocycles. The molecule has 1 saturated heterocycles. The average molecular weight is 273 g/mol. The van der Waals surface area contributed by atoms with Crippen LogP contribution in [0.1, 0.15) is 32.0 Å². The molecule has 0 amide bonds. The van der Waals surface area contributed by atoms with E-state index in [2.05, 4.69) is 10.2 Å². The number of hydrogen-bond donors (Lipinski definition) is 0. The summed E-state index contributed by atoms with van der Waals surface area (Å²) in [4.78, 5) is 0. The molecule has 6 nitrogen and oxygen atoms in total. The highest BCUT2D eigenvalue weighted by Gasteiger charge is 2.28. The first-order chi connectivity index (χ1) is 8.54. The predicted molar refractivity (Wildman–Crippen MR) is 66.1 cm³/mol. The minimum absolute atomic E-state index is 0.00509. The first kappa shape index (κ1) is 13.5. The Morgan fingerprint density at radius 1 is 1.39 bits per heavy atom. The lowest BCUT2D eigenvalue weighted by atomic mass is 10.1. The van der Waals surface area contributed by atoms with Gasteiger partial charge in [0.1, 0.15) is 5.82 Å². The number of sulfone groups is 1. The van der Waals surface area contributed by atoms with Crippen molar-refractivity contribution >= 4 is 9.84 Å². The average Bonchev–Trinajstić information content (AvgIpc) is 2.72. The van der Waals surface area contributed by atoms with Gasteiger partial charge >= 0.3 is 0 Å². The molecule has 0 N–H and O–H groups in total. The number of ether oxygens (including phenoxy) is 1. The second kappa shape index (κ2) is 5.36. The lowest BCUT2D eigenvalue weighted by molar-refractivity contribution is 0.0304. The number of rotatable bonds is 4. The maximum Gasteiger partial charge on any atom is 0.249 e. The third kappa shape index (κ3) is 2.72. The van der Waals surface area contributed by atoms with Crippen molar-refractivity contribution in [3.05, 3.63) is 5.82 Å². The molecule has 1 fully saturated rings. The van der Waals surface area contributed by atoms with Gasteiger partial charge in [0.15, 0.2) is 0 Å². The molecule has 18 heavy (non-hydrogen) atoms. The van der Waals surface area contributed by atoms with E-state index in [1.807, 2.05) is 6.92 Å². The highest BCUT2D eigenvalue weighted by Crippen LogP contribution is 2.18. The van der Waals surface area contributed by atoms with E-state index in [1.165, 1.54) is 0 Å². The summed E-state index contributed by atoms with van der Waals surface area (Å²) in [7, 11) is -3.42. The van der Waals surface area contributed by atoms with Gasteiger partial charge in [-0.15, -0.1) is 10.2 Å². The van der Waals surface area contributed by atoms with Crippen LogP contribution in [0.5, 0.6) is 0 Å². The van der Waals surface area contributed by atoms with Crippen molar-refractivity contribution in [3.8, 4) is 0 Å².